The fraction of sp³-hybridized carbons (Fsp3) is 0.273. The monoisotopic (exact) mass is 203 g/mol. The van der Waals surface area contributed by atoms with Crippen molar-refractivity contribution in [3.05, 3.63) is 30.1 Å². The fourth-order valence-corrected chi connectivity index (χ4v) is 1.47. The molecule has 2 aromatic rings. The predicted molar refractivity (Wildman–Crippen MR) is 58.9 cm³/mol. The fourth-order valence-electron chi connectivity index (χ4n) is 1.47. The van der Waals surface area contributed by atoms with Gasteiger partial charge >= 0.3 is 0 Å². The lowest BCUT2D eigenvalue weighted by atomic mass is 10.1. The summed E-state index contributed by atoms with van der Waals surface area (Å²) in [5, 5.41) is 2.93. The summed E-state index contributed by atoms with van der Waals surface area (Å²) in [7, 11) is 1.78. The molecule has 1 atom stereocenters. The van der Waals surface area contributed by atoms with Crippen LogP contribution in [0.25, 0.3) is 11.0 Å². The highest BCUT2D eigenvalue weighted by molar-refractivity contribution is 6.02. The van der Waals surface area contributed by atoms with Gasteiger partial charge in [0.2, 0.25) is 0 Å². The Morgan fingerprint density at radius 3 is 3.07 bits per heavy atom. The average molecular weight is 203 g/mol. The number of carbonyl (C=O) groups is 1. The van der Waals surface area contributed by atoms with Gasteiger partial charge in [0.25, 0.3) is 0 Å². The van der Waals surface area contributed by atoms with Gasteiger partial charge in [0.15, 0.2) is 5.78 Å². The van der Waals surface area contributed by atoms with Gasteiger partial charge in [-0.2, -0.15) is 0 Å². The normalized spacial score (nSPS) is 12.9. The number of fused-ring (bicyclic) bond motifs is 1. The smallest absolute Gasteiger partial charge is 0.179 e. The molecule has 1 aromatic carbocycles. The molecule has 2 N–H and O–H groups in total. The number of carbonyl (C=O) groups excluding carboxylic acids is 1. The standard InChI is InChI=1S/C11H13N3O/c1-7(12-2)11(15)8-3-4-9-10(5-8)14-6-13-9/h3-7,12H,1-2H3,(H,13,14). The molecular formula is C11H13N3O. The Balaban J connectivity index is 2.39. The molecule has 1 unspecified atom stereocenters. The van der Waals surface area contributed by atoms with E-state index in [1.54, 1.807) is 19.4 Å². The number of rotatable bonds is 3. The first-order chi connectivity index (χ1) is 7.22. The Morgan fingerprint density at radius 1 is 1.53 bits per heavy atom. The lowest BCUT2D eigenvalue weighted by Gasteiger charge is -2.08. The first kappa shape index (κ1) is 9.86. The van der Waals surface area contributed by atoms with Crippen molar-refractivity contribution in [2.24, 2.45) is 0 Å². The van der Waals surface area contributed by atoms with Crippen LogP contribution in [-0.4, -0.2) is 28.8 Å². The van der Waals surface area contributed by atoms with Crippen molar-refractivity contribution in [1.82, 2.24) is 15.3 Å². The van der Waals surface area contributed by atoms with Gasteiger partial charge < -0.3 is 10.3 Å². The molecule has 78 valence electrons. The van der Waals surface area contributed by atoms with E-state index >= 15 is 0 Å². The van der Waals surface area contributed by atoms with Gasteiger partial charge in [0.05, 0.1) is 23.4 Å². The number of benzene rings is 1. The van der Waals surface area contributed by atoms with Crippen LogP contribution in [0.5, 0.6) is 0 Å². The summed E-state index contributed by atoms with van der Waals surface area (Å²) < 4.78 is 0. The van der Waals surface area contributed by atoms with Crippen LogP contribution in [0.2, 0.25) is 0 Å². The van der Waals surface area contributed by atoms with Crippen LogP contribution in [0.1, 0.15) is 17.3 Å². The number of nitrogens with zero attached hydrogens (tertiary/aromatic N) is 1. The van der Waals surface area contributed by atoms with Crippen molar-refractivity contribution in [2.45, 2.75) is 13.0 Å². The molecule has 0 spiro atoms. The average Bonchev–Trinajstić information content (AvgIpc) is 2.73. The van der Waals surface area contributed by atoms with Crippen LogP contribution < -0.4 is 5.32 Å². The number of nitrogens with one attached hydrogen (secondary N) is 2. The third kappa shape index (κ3) is 1.76. The predicted octanol–water partition coefficient (Wildman–Crippen LogP) is 1.35. The van der Waals surface area contributed by atoms with Gasteiger partial charge in [-0.3, -0.25) is 4.79 Å². The maximum Gasteiger partial charge on any atom is 0.179 e. The molecule has 0 aliphatic rings. The number of hydrogen-bond donors (Lipinski definition) is 2. The van der Waals surface area contributed by atoms with E-state index in [1.165, 1.54) is 0 Å². The van der Waals surface area contributed by atoms with Gasteiger partial charge in [0.1, 0.15) is 0 Å². The summed E-state index contributed by atoms with van der Waals surface area (Å²) in [6.45, 7) is 1.85. The van der Waals surface area contributed by atoms with E-state index in [4.69, 9.17) is 0 Å². The van der Waals surface area contributed by atoms with E-state index < -0.39 is 0 Å². The van der Waals surface area contributed by atoms with E-state index in [-0.39, 0.29) is 11.8 Å². The van der Waals surface area contributed by atoms with Gasteiger partial charge in [0, 0.05) is 5.56 Å². The highest BCUT2D eigenvalue weighted by Crippen LogP contribution is 2.12. The van der Waals surface area contributed by atoms with Crippen molar-refractivity contribution in [1.29, 1.82) is 0 Å². The van der Waals surface area contributed by atoms with Crippen molar-refractivity contribution in [3.63, 3.8) is 0 Å². The lowest BCUT2D eigenvalue weighted by Crippen LogP contribution is -2.30. The number of hydrogen-bond acceptors (Lipinski definition) is 3. The third-order valence-electron chi connectivity index (χ3n) is 2.53. The van der Waals surface area contributed by atoms with Gasteiger partial charge in [-0.1, -0.05) is 0 Å². The van der Waals surface area contributed by atoms with Crippen LogP contribution in [0.15, 0.2) is 24.5 Å². The van der Waals surface area contributed by atoms with Gasteiger partial charge in [-0.25, -0.2) is 4.98 Å². The van der Waals surface area contributed by atoms with Crippen LogP contribution >= 0.6 is 0 Å². The molecule has 1 heterocycles. The second-order valence-corrected chi connectivity index (χ2v) is 3.51. The van der Waals surface area contributed by atoms with Crippen LogP contribution in [-0.2, 0) is 0 Å². The first-order valence-corrected chi connectivity index (χ1v) is 4.87. The van der Waals surface area contributed by atoms with E-state index in [0.717, 1.165) is 11.0 Å². The molecule has 4 heteroatoms. The van der Waals surface area contributed by atoms with Crippen LogP contribution in [0, 0.1) is 0 Å². The molecule has 0 amide bonds. The quantitative estimate of drug-likeness (QED) is 0.740. The zero-order valence-corrected chi connectivity index (χ0v) is 8.74. The molecule has 1 aromatic heterocycles. The largest absolute Gasteiger partial charge is 0.345 e. The molecule has 0 aliphatic carbocycles. The number of aromatic nitrogens is 2. The van der Waals surface area contributed by atoms with Gasteiger partial charge in [-0.15, -0.1) is 0 Å². The highest BCUT2D eigenvalue weighted by Gasteiger charge is 2.13. The maximum atomic E-state index is 11.8. The molecule has 0 aliphatic heterocycles. The molecule has 0 saturated carbocycles. The zero-order chi connectivity index (χ0) is 10.8. The minimum Gasteiger partial charge on any atom is -0.345 e. The Bertz CT molecular complexity index is 489. The summed E-state index contributed by atoms with van der Waals surface area (Å²) in [6.07, 6.45) is 1.63. The van der Waals surface area contributed by atoms with E-state index in [2.05, 4.69) is 15.3 Å². The first-order valence-electron chi connectivity index (χ1n) is 4.87. The number of H-pyrrole nitrogens is 1. The summed E-state index contributed by atoms with van der Waals surface area (Å²) in [6, 6.07) is 5.32. The topological polar surface area (TPSA) is 57.8 Å². The van der Waals surface area contributed by atoms with Crippen molar-refractivity contribution < 1.29 is 4.79 Å². The van der Waals surface area contributed by atoms with Crippen molar-refractivity contribution >= 4 is 16.8 Å². The van der Waals surface area contributed by atoms with Crippen molar-refractivity contribution in [3.8, 4) is 0 Å². The Labute approximate surface area is 87.7 Å². The van der Waals surface area contributed by atoms with Gasteiger partial charge in [-0.05, 0) is 32.2 Å². The molecular weight excluding hydrogens is 190 g/mol. The second kappa shape index (κ2) is 3.82. The number of likely N-dealkylation sites (N-methyl/N-ethyl adjacent to an activating group) is 1. The molecule has 15 heavy (non-hydrogen) atoms. The van der Waals surface area contributed by atoms with Crippen LogP contribution in [0.4, 0.5) is 0 Å². The number of Topliss-reactive ketones (excluding diaryl/α,β-unsaturated/α-hetero) is 1. The molecule has 0 radical (unpaired) electrons. The third-order valence-corrected chi connectivity index (χ3v) is 2.53. The van der Waals surface area contributed by atoms with Crippen LogP contribution in [0.3, 0.4) is 0 Å². The minimum absolute atomic E-state index is 0.0917. The number of imidazole rings is 1. The lowest BCUT2D eigenvalue weighted by molar-refractivity contribution is 0.0955. The Kier molecular flexibility index (Phi) is 2.51. The molecule has 0 saturated heterocycles. The molecule has 0 fully saturated rings. The van der Waals surface area contributed by atoms with Crippen molar-refractivity contribution in [2.75, 3.05) is 7.05 Å². The summed E-state index contributed by atoms with van der Waals surface area (Å²) in [4.78, 5) is 18.9. The second-order valence-electron chi connectivity index (χ2n) is 3.51. The van der Waals surface area contributed by atoms with E-state index in [1.807, 2.05) is 19.1 Å². The highest BCUT2D eigenvalue weighted by atomic mass is 16.1. The summed E-state index contributed by atoms with van der Waals surface area (Å²) >= 11 is 0. The number of ketones is 1. The molecule has 4 nitrogen and oxygen atoms in total. The minimum atomic E-state index is -0.162. The zero-order valence-electron chi connectivity index (χ0n) is 8.74. The Hall–Kier alpha value is -1.68. The number of aromatic amines is 1. The Morgan fingerprint density at radius 2 is 2.33 bits per heavy atom. The maximum absolute atomic E-state index is 11.8. The van der Waals surface area contributed by atoms with E-state index in [9.17, 15) is 4.79 Å². The van der Waals surface area contributed by atoms with E-state index in [0.29, 0.717) is 5.56 Å². The summed E-state index contributed by atoms with van der Waals surface area (Å²) in [5.74, 6) is 0.0917. The molecule has 0 bridgehead atoms. The summed E-state index contributed by atoms with van der Waals surface area (Å²) in [5.41, 5.74) is 2.47. The molecule has 2 rings (SSSR count). The SMILES string of the molecule is CNC(C)C(=O)c1ccc2nc[nH]c2c1.